The molecule has 88 valence electrons. The van der Waals surface area contributed by atoms with E-state index in [2.05, 4.69) is 4.90 Å². The maximum atomic E-state index is 11.8. The summed E-state index contributed by atoms with van der Waals surface area (Å²) in [7, 11) is 0. The second-order valence-electron chi connectivity index (χ2n) is 5.63. The van der Waals surface area contributed by atoms with E-state index in [1.165, 1.54) is 0 Å². The van der Waals surface area contributed by atoms with Crippen LogP contribution in [0.2, 0.25) is 0 Å². The van der Waals surface area contributed by atoms with Gasteiger partial charge in [0.25, 0.3) is 0 Å². The van der Waals surface area contributed by atoms with E-state index in [9.17, 15) is 4.79 Å². The van der Waals surface area contributed by atoms with Gasteiger partial charge in [0.05, 0.1) is 6.54 Å². The van der Waals surface area contributed by atoms with E-state index in [1.54, 1.807) is 0 Å². The molecule has 0 aromatic heterocycles. The maximum absolute atomic E-state index is 11.8. The maximum Gasteiger partial charge on any atom is 0.152 e. The third-order valence-electron chi connectivity index (χ3n) is 3.24. The van der Waals surface area contributed by atoms with Crippen LogP contribution in [0.25, 0.3) is 0 Å². The summed E-state index contributed by atoms with van der Waals surface area (Å²) in [6, 6.07) is 0. The Labute approximate surface area is 93.0 Å². The lowest BCUT2D eigenvalue weighted by Crippen LogP contribution is -2.41. The van der Waals surface area contributed by atoms with E-state index in [0.717, 1.165) is 32.5 Å². The molecule has 0 aromatic rings. The van der Waals surface area contributed by atoms with Crippen LogP contribution in [0.4, 0.5) is 0 Å². The quantitative estimate of drug-likeness (QED) is 0.766. The zero-order chi connectivity index (χ0) is 11.5. The first kappa shape index (κ1) is 12.7. The van der Waals surface area contributed by atoms with Crippen LogP contribution in [0.1, 0.15) is 33.6 Å². The smallest absolute Gasteiger partial charge is 0.152 e. The number of rotatable bonds is 3. The number of likely N-dealkylation sites (tertiary alicyclic amines) is 1. The topological polar surface area (TPSA) is 46.3 Å². The number of nitrogens with two attached hydrogens (primary N) is 1. The molecule has 0 spiro atoms. The number of piperidine rings is 1. The molecule has 0 atom stereocenters. The van der Waals surface area contributed by atoms with Crippen molar-refractivity contribution in [3.63, 3.8) is 0 Å². The number of hydrogen-bond acceptors (Lipinski definition) is 3. The van der Waals surface area contributed by atoms with Crippen molar-refractivity contribution in [3.05, 3.63) is 0 Å². The Balaban J connectivity index is 2.33. The Morgan fingerprint density at radius 1 is 1.33 bits per heavy atom. The Morgan fingerprint density at radius 2 is 1.87 bits per heavy atom. The molecule has 0 aliphatic carbocycles. The molecule has 1 rings (SSSR count). The monoisotopic (exact) mass is 212 g/mol. The minimum absolute atomic E-state index is 0.204. The number of ketones is 1. The summed E-state index contributed by atoms with van der Waals surface area (Å²) in [6.07, 6.45) is 2.29. The highest BCUT2D eigenvalue weighted by atomic mass is 16.1. The molecular formula is C12H24N2O. The second-order valence-corrected chi connectivity index (χ2v) is 5.63. The minimum atomic E-state index is -0.204. The average molecular weight is 212 g/mol. The molecule has 1 heterocycles. The van der Waals surface area contributed by atoms with Crippen LogP contribution in [-0.4, -0.2) is 36.9 Å². The van der Waals surface area contributed by atoms with Gasteiger partial charge in [-0.25, -0.2) is 0 Å². The van der Waals surface area contributed by atoms with E-state index < -0.39 is 0 Å². The summed E-state index contributed by atoms with van der Waals surface area (Å²) in [5, 5.41) is 0. The van der Waals surface area contributed by atoms with Crippen molar-refractivity contribution in [2.75, 3.05) is 26.2 Å². The van der Waals surface area contributed by atoms with Crippen LogP contribution in [0.3, 0.4) is 0 Å². The van der Waals surface area contributed by atoms with Crippen molar-refractivity contribution in [1.29, 1.82) is 0 Å². The van der Waals surface area contributed by atoms with E-state index >= 15 is 0 Å². The van der Waals surface area contributed by atoms with Crippen LogP contribution in [-0.2, 0) is 4.79 Å². The molecule has 0 saturated carbocycles. The molecule has 1 fully saturated rings. The van der Waals surface area contributed by atoms with E-state index in [4.69, 9.17) is 5.73 Å². The minimum Gasteiger partial charge on any atom is -0.330 e. The van der Waals surface area contributed by atoms with E-state index in [1.807, 2.05) is 20.8 Å². The number of carbonyl (C=O) groups is 1. The van der Waals surface area contributed by atoms with Crippen LogP contribution in [0.15, 0.2) is 0 Å². The molecule has 0 radical (unpaired) electrons. The highest BCUT2D eigenvalue weighted by Gasteiger charge is 2.25. The van der Waals surface area contributed by atoms with Crippen LogP contribution in [0.5, 0.6) is 0 Å². The van der Waals surface area contributed by atoms with Crippen molar-refractivity contribution >= 4 is 5.78 Å². The first-order valence-corrected chi connectivity index (χ1v) is 5.89. The van der Waals surface area contributed by atoms with Gasteiger partial charge in [-0.2, -0.15) is 0 Å². The van der Waals surface area contributed by atoms with Gasteiger partial charge in [-0.3, -0.25) is 9.69 Å². The third kappa shape index (κ3) is 3.92. The van der Waals surface area contributed by atoms with Gasteiger partial charge in [0, 0.05) is 5.41 Å². The fourth-order valence-electron chi connectivity index (χ4n) is 1.82. The lowest BCUT2D eigenvalue weighted by Gasteiger charge is -2.32. The van der Waals surface area contributed by atoms with Gasteiger partial charge in [-0.05, 0) is 38.4 Å². The van der Waals surface area contributed by atoms with Gasteiger partial charge in [-0.1, -0.05) is 20.8 Å². The van der Waals surface area contributed by atoms with Crippen LogP contribution < -0.4 is 5.73 Å². The lowest BCUT2D eigenvalue weighted by atomic mass is 9.89. The first-order valence-electron chi connectivity index (χ1n) is 5.89. The molecule has 1 aliphatic heterocycles. The summed E-state index contributed by atoms with van der Waals surface area (Å²) in [5.41, 5.74) is 5.43. The lowest BCUT2D eigenvalue weighted by molar-refractivity contribution is -0.127. The molecule has 0 aromatic carbocycles. The predicted molar refractivity (Wildman–Crippen MR) is 62.7 cm³/mol. The molecule has 2 N–H and O–H groups in total. The highest BCUT2D eigenvalue weighted by Crippen LogP contribution is 2.19. The molecule has 0 amide bonds. The van der Waals surface area contributed by atoms with Crippen molar-refractivity contribution in [1.82, 2.24) is 4.90 Å². The Morgan fingerprint density at radius 3 is 2.27 bits per heavy atom. The van der Waals surface area contributed by atoms with Crippen LogP contribution >= 0.6 is 0 Å². The van der Waals surface area contributed by atoms with Gasteiger partial charge in [0.2, 0.25) is 0 Å². The Kier molecular flexibility index (Phi) is 4.29. The third-order valence-corrected chi connectivity index (χ3v) is 3.24. The Bertz CT molecular complexity index is 212. The number of Topliss-reactive ketones (excluding diaryl/α,β-unsaturated/α-hetero) is 1. The average Bonchev–Trinajstić information content (AvgIpc) is 2.17. The molecule has 1 aliphatic rings. The van der Waals surface area contributed by atoms with Gasteiger partial charge in [0.1, 0.15) is 0 Å². The standard InChI is InChI=1S/C12H24N2O/c1-12(2,3)11(15)9-14-6-4-10(8-13)5-7-14/h10H,4-9,13H2,1-3H3. The molecule has 0 bridgehead atoms. The molecule has 0 unspecified atom stereocenters. The van der Waals surface area contributed by atoms with Crippen molar-refractivity contribution in [2.24, 2.45) is 17.1 Å². The number of carbonyl (C=O) groups excluding carboxylic acids is 1. The normalized spacial score (nSPS) is 20.5. The fraction of sp³-hybridized carbons (Fsp3) is 0.917. The zero-order valence-electron chi connectivity index (χ0n) is 10.3. The largest absolute Gasteiger partial charge is 0.330 e. The van der Waals surface area contributed by atoms with E-state index in [0.29, 0.717) is 18.2 Å². The molecule has 3 nitrogen and oxygen atoms in total. The summed E-state index contributed by atoms with van der Waals surface area (Å²) < 4.78 is 0. The SMILES string of the molecule is CC(C)(C)C(=O)CN1CCC(CN)CC1. The molecular weight excluding hydrogens is 188 g/mol. The molecule has 15 heavy (non-hydrogen) atoms. The van der Waals surface area contributed by atoms with E-state index in [-0.39, 0.29) is 5.41 Å². The summed E-state index contributed by atoms with van der Waals surface area (Å²) >= 11 is 0. The second kappa shape index (κ2) is 5.08. The van der Waals surface area contributed by atoms with Crippen LogP contribution in [0, 0.1) is 11.3 Å². The van der Waals surface area contributed by atoms with Crippen molar-refractivity contribution in [2.45, 2.75) is 33.6 Å². The molecule has 1 saturated heterocycles. The van der Waals surface area contributed by atoms with Gasteiger partial charge in [-0.15, -0.1) is 0 Å². The fourth-order valence-corrected chi connectivity index (χ4v) is 1.82. The predicted octanol–water partition coefficient (Wildman–Crippen LogP) is 1.27. The van der Waals surface area contributed by atoms with Crippen molar-refractivity contribution < 1.29 is 4.79 Å². The van der Waals surface area contributed by atoms with Gasteiger partial charge < -0.3 is 5.73 Å². The van der Waals surface area contributed by atoms with Gasteiger partial charge in [0.15, 0.2) is 5.78 Å². The first-order chi connectivity index (χ1) is 6.93. The summed E-state index contributed by atoms with van der Waals surface area (Å²) in [4.78, 5) is 14.1. The number of hydrogen-bond donors (Lipinski definition) is 1. The summed E-state index contributed by atoms with van der Waals surface area (Å²) in [6.45, 7) is 9.43. The zero-order valence-corrected chi connectivity index (χ0v) is 10.3. The van der Waals surface area contributed by atoms with Gasteiger partial charge >= 0.3 is 0 Å². The Hall–Kier alpha value is -0.410. The number of nitrogens with zero attached hydrogens (tertiary/aromatic N) is 1. The summed E-state index contributed by atoms with van der Waals surface area (Å²) in [5.74, 6) is 1.01. The highest BCUT2D eigenvalue weighted by molar-refractivity contribution is 5.85. The van der Waals surface area contributed by atoms with Crippen molar-refractivity contribution in [3.8, 4) is 0 Å². The molecule has 3 heteroatoms.